The van der Waals surface area contributed by atoms with Gasteiger partial charge in [0.05, 0.1) is 18.1 Å². The van der Waals surface area contributed by atoms with E-state index in [4.69, 9.17) is 10.00 Å². The largest absolute Gasteiger partial charge is 0.383 e. The van der Waals surface area contributed by atoms with Crippen molar-refractivity contribution in [3.63, 3.8) is 0 Å². The van der Waals surface area contributed by atoms with Crippen LogP contribution in [0.25, 0.3) is 0 Å². The van der Waals surface area contributed by atoms with Gasteiger partial charge in [-0.05, 0) is 20.0 Å². The molecule has 0 unspecified atom stereocenters. The molecule has 1 aliphatic rings. The van der Waals surface area contributed by atoms with E-state index in [-0.39, 0.29) is 5.41 Å². The van der Waals surface area contributed by atoms with Crippen molar-refractivity contribution in [1.82, 2.24) is 4.90 Å². The lowest BCUT2D eigenvalue weighted by atomic mass is 9.90. The lowest BCUT2D eigenvalue weighted by Crippen LogP contribution is -2.28. The lowest BCUT2D eigenvalue weighted by Gasteiger charge is -2.18. The van der Waals surface area contributed by atoms with Crippen LogP contribution in [-0.4, -0.2) is 38.8 Å². The molecule has 0 N–H and O–H groups in total. The van der Waals surface area contributed by atoms with Gasteiger partial charge in [0.1, 0.15) is 0 Å². The number of rotatable bonds is 2. The Morgan fingerprint density at radius 3 is 2.82 bits per heavy atom. The maximum absolute atomic E-state index is 8.91. The fourth-order valence-electron chi connectivity index (χ4n) is 1.60. The van der Waals surface area contributed by atoms with Crippen molar-refractivity contribution >= 4 is 0 Å². The van der Waals surface area contributed by atoms with Crippen LogP contribution in [0.3, 0.4) is 0 Å². The number of hydrogen-bond donors (Lipinski definition) is 0. The van der Waals surface area contributed by atoms with E-state index in [9.17, 15) is 0 Å². The van der Waals surface area contributed by atoms with E-state index >= 15 is 0 Å². The molecule has 1 rings (SSSR count). The standard InChI is InChI=1S/C8H14N2O/c1-10-4-3-8(5-9,6-10)7-11-2/h3-4,6-7H2,1-2H3/t8-/m1/s1. The van der Waals surface area contributed by atoms with Crippen LogP contribution in [0.1, 0.15) is 6.42 Å². The van der Waals surface area contributed by atoms with Crippen molar-refractivity contribution in [3.05, 3.63) is 0 Å². The number of ether oxygens (including phenoxy) is 1. The highest BCUT2D eigenvalue weighted by atomic mass is 16.5. The zero-order valence-electron chi connectivity index (χ0n) is 7.13. The Morgan fingerprint density at radius 2 is 2.45 bits per heavy atom. The highest BCUT2D eigenvalue weighted by Crippen LogP contribution is 2.28. The molecule has 1 saturated heterocycles. The van der Waals surface area contributed by atoms with E-state index in [1.165, 1.54) is 0 Å². The summed E-state index contributed by atoms with van der Waals surface area (Å²) in [6, 6.07) is 2.34. The van der Waals surface area contributed by atoms with Crippen LogP contribution >= 0.6 is 0 Å². The highest BCUT2D eigenvalue weighted by molar-refractivity contribution is 5.04. The van der Waals surface area contributed by atoms with Gasteiger partial charge < -0.3 is 9.64 Å². The van der Waals surface area contributed by atoms with Crippen LogP contribution in [0.2, 0.25) is 0 Å². The molecule has 0 radical (unpaired) electrons. The maximum Gasteiger partial charge on any atom is 0.0944 e. The van der Waals surface area contributed by atoms with E-state index in [0.717, 1.165) is 19.5 Å². The van der Waals surface area contributed by atoms with Gasteiger partial charge in [0.15, 0.2) is 0 Å². The van der Waals surface area contributed by atoms with E-state index in [1.807, 2.05) is 7.05 Å². The molecule has 1 atom stereocenters. The monoisotopic (exact) mass is 154 g/mol. The molecular formula is C8H14N2O. The summed E-state index contributed by atoms with van der Waals surface area (Å²) in [6.45, 7) is 2.42. The highest BCUT2D eigenvalue weighted by Gasteiger charge is 2.36. The normalized spacial score (nSPS) is 32.1. The van der Waals surface area contributed by atoms with Crippen LogP contribution in [0, 0.1) is 16.7 Å². The van der Waals surface area contributed by atoms with E-state index < -0.39 is 0 Å². The van der Waals surface area contributed by atoms with Crippen molar-refractivity contribution in [2.45, 2.75) is 6.42 Å². The first-order valence-corrected chi connectivity index (χ1v) is 3.81. The molecule has 3 heteroatoms. The van der Waals surface area contributed by atoms with Crippen LogP contribution in [0.4, 0.5) is 0 Å². The quantitative estimate of drug-likeness (QED) is 0.580. The second-order valence-electron chi connectivity index (χ2n) is 3.31. The van der Waals surface area contributed by atoms with Gasteiger partial charge in [-0.1, -0.05) is 0 Å². The molecule has 0 aromatic rings. The van der Waals surface area contributed by atoms with E-state index in [1.54, 1.807) is 7.11 Å². The summed E-state index contributed by atoms with van der Waals surface area (Å²) in [5.41, 5.74) is -0.233. The van der Waals surface area contributed by atoms with Crippen LogP contribution in [0.5, 0.6) is 0 Å². The zero-order valence-corrected chi connectivity index (χ0v) is 7.13. The van der Waals surface area contributed by atoms with Crippen LogP contribution in [-0.2, 0) is 4.74 Å². The molecule has 62 valence electrons. The Labute approximate surface area is 67.6 Å². The molecule has 3 nitrogen and oxygen atoms in total. The molecule has 0 aromatic heterocycles. The molecule has 0 bridgehead atoms. The minimum atomic E-state index is -0.233. The van der Waals surface area contributed by atoms with Crippen molar-refractivity contribution < 1.29 is 4.74 Å². The molecule has 1 fully saturated rings. The van der Waals surface area contributed by atoms with Crippen molar-refractivity contribution in [1.29, 1.82) is 5.26 Å². The summed E-state index contributed by atoms with van der Waals surface area (Å²) >= 11 is 0. The van der Waals surface area contributed by atoms with Crippen molar-refractivity contribution in [3.8, 4) is 6.07 Å². The van der Waals surface area contributed by atoms with E-state index in [2.05, 4.69) is 11.0 Å². The topological polar surface area (TPSA) is 36.3 Å². The second-order valence-corrected chi connectivity index (χ2v) is 3.31. The molecule has 1 heterocycles. The number of nitrogens with zero attached hydrogens (tertiary/aromatic N) is 2. The summed E-state index contributed by atoms with van der Waals surface area (Å²) in [7, 11) is 3.69. The summed E-state index contributed by atoms with van der Waals surface area (Å²) in [4.78, 5) is 2.17. The minimum Gasteiger partial charge on any atom is -0.383 e. The van der Waals surface area contributed by atoms with E-state index in [0.29, 0.717) is 6.61 Å². The summed E-state index contributed by atoms with van der Waals surface area (Å²) < 4.78 is 5.02. The molecule has 0 aromatic carbocycles. The predicted octanol–water partition coefficient (Wildman–Crippen LogP) is 0.478. The van der Waals surface area contributed by atoms with Gasteiger partial charge >= 0.3 is 0 Å². The van der Waals surface area contributed by atoms with Crippen molar-refractivity contribution in [2.24, 2.45) is 5.41 Å². The Balaban J connectivity index is 2.57. The first-order valence-electron chi connectivity index (χ1n) is 3.81. The number of nitriles is 1. The maximum atomic E-state index is 8.91. The lowest BCUT2D eigenvalue weighted by molar-refractivity contribution is 0.121. The third kappa shape index (κ3) is 1.70. The van der Waals surface area contributed by atoms with Gasteiger partial charge in [0, 0.05) is 13.7 Å². The number of hydrogen-bond acceptors (Lipinski definition) is 3. The van der Waals surface area contributed by atoms with Crippen LogP contribution in [0.15, 0.2) is 0 Å². The van der Waals surface area contributed by atoms with Gasteiger partial charge in [-0.25, -0.2) is 0 Å². The summed E-state index contributed by atoms with van der Waals surface area (Å²) in [6.07, 6.45) is 0.938. The average molecular weight is 154 g/mol. The summed E-state index contributed by atoms with van der Waals surface area (Å²) in [5, 5.41) is 8.91. The van der Waals surface area contributed by atoms with Crippen molar-refractivity contribution in [2.75, 3.05) is 33.9 Å². The SMILES string of the molecule is COC[C@@]1(C#N)CCN(C)C1. The van der Waals surface area contributed by atoms with Gasteiger partial charge in [0.2, 0.25) is 0 Å². The van der Waals surface area contributed by atoms with Gasteiger partial charge in [-0.3, -0.25) is 0 Å². The summed E-state index contributed by atoms with van der Waals surface area (Å²) in [5.74, 6) is 0. The van der Waals surface area contributed by atoms with Crippen LogP contribution < -0.4 is 0 Å². The smallest absolute Gasteiger partial charge is 0.0944 e. The Morgan fingerprint density at radius 1 is 1.73 bits per heavy atom. The Hall–Kier alpha value is -0.590. The molecular weight excluding hydrogens is 140 g/mol. The molecule has 0 amide bonds. The van der Waals surface area contributed by atoms with Gasteiger partial charge in [0.25, 0.3) is 0 Å². The molecule has 1 aliphatic heterocycles. The number of likely N-dealkylation sites (tertiary alicyclic amines) is 1. The van der Waals surface area contributed by atoms with Gasteiger partial charge in [-0.2, -0.15) is 5.26 Å². The third-order valence-corrected chi connectivity index (χ3v) is 2.20. The zero-order chi connectivity index (χ0) is 8.32. The number of methoxy groups -OCH3 is 1. The molecule has 0 saturated carbocycles. The Bertz CT molecular complexity index is 171. The first-order chi connectivity index (χ1) is 5.22. The average Bonchev–Trinajstić information content (AvgIpc) is 2.34. The van der Waals surface area contributed by atoms with Gasteiger partial charge in [-0.15, -0.1) is 0 Å². The fourth-order valence-corrected chi connectivity index (χ4v) is 1.60. The minimum absolute atomic E-state index is 0.233. The fraction of sp³-hybridized carbons (Fsp3) is 0.875. The molecule has 0 aliphatic carbocycles. The first kappa shape index (κ1) is 8.51. The Kier molecular flexibility index (Phi) is 2.48. The third-order valence-electron chi connectivity index (χ3n) is 2.20. The second kappa shape index (κ2) is 3.21. The molecule has 11 heavy (non-hydrogen) atoms. The molecule has 0 spiro atoms. The predicted molar refractivity (Wildman–Crippen MR) is 42.0 cm³/mol.